The van der Waals surface area contributed by atoms with Crippen LogP contribution in [0.3, 0.4) is 0 Å². The highest BCUT2D eigenvalue weighted by atomic mass is 79.9. The van der Waals surface area contributed by atoms with Crippen LogP contribution >= 0.6 is 15.9 Å². The van der Waals surface area contributed by atoms with E-state index in [1.165, 1.54) is 0 Å². The number of rotatable bonds is 5. The van der Waals surface area contributed by atoms with Crippen molar-refractivity contribution in [1.82, 2.24) is 10.2 Å². The molecule has 3 aromatic carbocycles. The predicted molar refractivity (Wildman–Crippen MR) is 129 cm³/mol. The highest BCUT2D eigenvalue weighted by Gasteiger charge is 2.43. The number of halogens is 1. The van der Waals surface area contributed by atoms with Gasteiger partial charge in [0, 0.05) is 21.3 Å². The lowest BCUT2D eigenvalue weighted by Gasteiger charge is -2.26. The molecule has 1 atom stereocenters. The maximum atomic E-state index is 13.6. The van der Waals surface area contributed by atoms with Crippen LogP contribution in [-0.2, 0) is 0 Å². The van der Waals surface area contributed by atoms with Crippen LogP contribution in [-0.4, -0.2) is 22.7 Å². The van der Waals surface area contributed by atoms with Gasteiger partial charge in [-0.05, 0) is 55.8 Å². The number of anilines is 1. The average Bonchev–Trinajstić information content (AvgIpc) is 3.35. The van der Waals surface area contributed by atoms with E-state index in [1.54, 1.807) is 0 Å². The molecule has 5 rings (SSSR count). The van der Waals surface area contributed by atoms with E-state index in [-0.39, 0.29) is 11.9 Å². The molecule has 2 heterocycles. The molecule has 32 heavy (non-hydrogen) atoms. The number of ether oxygens (including phenoxy) is 1. The fraction of sp³-hybridized carbons (Fsp3) is 0.154. The molecule has 0 spiro atoms. The van der Waals surface area contributed by atoms with Gasteiger partial charge in [0.25, 0.3) is 5.91 Å². The molecular weight excluding hydrogens is 466 g/mol. The van der Waals surface area contributed by atoms with Crippen LogP contribution < -0.4 is 9.64 Å². The molecule has 1 aromatic heterocycles. The summed E-state index contributed by atoms with van der Waals surface area (Å²) in [5.41, 5.74) is 6.17. The summed E-state index contributed by atoms with van der Waals surface area (Å²) in [5.74, 6) is 0.724. The predicted octanol–water partition coefficient (Wildman–Crippen LogP) is 6.30. The topological polar surface area (TPSA) is 58.2 Å². The standard InChI is InChI=1S/C26H22BrN3O2/c1-3-32-21-14-8-18(9-15-21)25-22-23(17-6-10-19(27)11-7-17)28-29-24(22)26(31)30(25)20-12-4-16(2)5-13-20/h4-15,25H,3H2,1-2H3,(H,28,29)/t25-/m0/s1. The molecule has 1 N–H and O–H groups in total. The van der Waals surface area contributed by atoms with E-state index >= 15 is 0 Å². The number of hydrogen-bond donors (Lipinski definition) is 1. The maximum Gasteiger partial charge on any atom is 0.277 e. The molecule has 6 heteroatoms. The molecule has 5 nitrogen and oxygen atoms in total. The van der Waals surface area contributed by atoms with Gasteiger partial charge in [0.1, 0.15) is 11.4 Å². The Morgan fingerprint density at radius 3 is 2.34 bits per heavy atom. The van der Waals surface area contributed by atoms with Crippen molar-refractivity contribution in [2.45, 2.75) is 19.9 Å². The van der Waals surface area contributed by atoms with Crippen LogP contribution in [0.15, 0.2) is 77.3 Å². The Morgan fingerprint density at radius 1 is 1.00 bits per heavy atom. The third-order valence-corrected chi connectivity index (χ3v) is 6.23. The minimum atomic E-state index is -0.298. The smallest absolute Gasteiger partial charge is 0.277 e. The van der Waals surface area contributed by atoms with Gasteiger partial charge in [-0.1, -0.05) is 57.9 Å². The van der Waals surface area contributed by atoms with Crippen molar-refractivity contribution in [3.05, 3.63) is 99.7 Å². The Balaban J connectivity index is 1.67. The highest BCUT2D eigenvalue weighted by Crippen LogP contribution is 2.45. The minimum Gasteiger partial charge on any atom is -0.494 e. The van der Waals surface area contributed by atoms with Crippen molar-refractivity contribution in [1.29, 1.82) is 0 Å². The molecule has 0 fully saturated rings. The Bertz CT molecular complexity index is 1260. The minimum absolute atomic E-state index is 0.0846. The largest absolute Gasteiger partial charge is 0.494 e. The van der Waals surface area contributed by atoms with Crippen LogP contribution in [0.5, 0.6) is 5.75 Å². The summed E-state index contributed by atoms with van der Waals surface area (Å²) in [6.07, 6.45) is 0. The molecule has 1 amide bonds. The number of nitrogens with zero attached hydrogens (tertiary/aromatic N) is 2. The monoisotopic (exact) mass is 487 g/mol. The third-order valence-electron chi connectivity index (χ3n) is 5.70. The van der Waals surface area contributed by atoms with E-state index in [2.05, 4.69) is 26.1 Å². The van der Waals surface area contributed by atoms with E-state index < -0.39 is 0 Å². The van der Waals surface area contributed by atoms with Gasteiger partial charge in [-0.2, -0.15) is 5.10 Å². The van der Waals surface area contributed by atoms with Gasteiger partial charge >= 0.3 is 0 Å². The average molecular weight is 488 g/mol. The zero-order valence-corrected chi connectivity index (χ0v) is 19.4. The van der Waals surface area contributed by atoms with Crippen molar-refractivity contribution in [3.63, 3.8) is 0 Å². The Kier molecular flexibility index (Phi) is 5.31. The number of amides is 1. The van der Waals surface area contributed by atoms with Gasteiger partial charge in [0.05, 0.1) is 18.3 Å². The molecule has 0 saturated carbocycles. The van der Waals surface area contributed by atoms with Crippen molar-refractivity contribution in [2.75, 3.05) is 11.5 Å². The molecule has 1 aliphatic rings. The summed E-state index contributed by atoms with van der Waals surface area (Å²) >= 11 is 3.49. The number of aromatic amines is 1. The Morgan fingerprint density at radius 2 is 1.69 bits per heavy atom. The lowest BCUT2D eigenvalue weighted by atomic mass is 9.95. The second kappa shape index (κ2) is 8.28. The van der Waals surface area contributed by atoms with Crippen molar-refractivity contribution in [3.8, 4) is 17.0 Å². The first-order valence-corrected chi connectivity index (χ1v) is 11.3. The van der Waals surface area contributed by atoms with E-state index in [1.807, 2.05) is 91.5 Å². The third kappa shape index (κ3) is 3.50. The van der Waals surface area contributed by atoms with E-state index in [9.17, 15) is 4.79 Å². The lowest BCUT2D eigenvalue weighted by Crippen LogP contribution is -2.29. The lowest BCUT2D eigenvalue weighted by molar-refractivity contribution is 0.0989. The van der Waals surface area contributed by atoms with Crippen LogP contribution in [0.2, 0.25) is 0 Å². The summed E-state index contributed by atoms with van der Waals surface area (Å²) < 4.78 is 6.62. The molecule has 160 valence electrons. The zero-order chi connectivity index (χ0) is 22.2. The number of nitrogens with one attached hydrogen (secondary N) is 1. The van der Waals surface area contributed by atoms with E-state index in [4.69, 9.17) is 4.74 Å². The Hall–Kier alpha value is -3.38. The summed E-state index contributed by atoms with van der Waals surface area (Å²) in [7, 11) is 0. The van der Waals surface area contributed by atoms with Gasteiger partial charge < -0.3 is 4.74 Å². The first-order valence-electron chi connectivity index (χ1n) is 10.5. The first-order chi connectivity index (χ1) is 15.6. The number of H-pyrrole nitrogens is 1. The van der Waals surface area contributed by atoms with Crippen LogP contribution in [0.4, 0.5) is 5.69 Å². The van der Waals surface area contributed by atoms with Gasteiger partial charge in [-0.3, -0.25) is 14.8 Å². The second-order valence-electron chi connectivity index (χ2n) is 7.78. The van der Waals surface area contributed by atoms with E-state index in [0.29, 0.717) is 12.3 Å². The van der Waals surface area contributed by atoms with Gasteiger partial charge in [-0.15, -0.1) is 0 Å². The number of benzene rings is 3. The maximum absolute atomic E-state index is 13.6. The summed E-state index contributed by atoms with van der Waals surface area (Å²) in [6, 6.07) is 23.7. The molecule has 0 unspecified atom stereocenters. The van der Waals surface area contributed by atoms with Gasteiger partial charge in [0.2, 0.25) is 0 Å². The number of carbonyl (C=O) groups is 1. The fourth-order valence-electron chi connectivity index (χ4n) is 4.17. The first kappa shape index (κ1) is 20.5. The SMILES string of the molecule is CCOc1ccc([C@H]2c3c(-c4ccc(Br)cc4)n[nH]c3C(=O)N2c2ccc(C)cc2)cc1. The fourth-order valence-corrected chi connectivity index (χ4v) is 4.44. The number of aromatic nitrogens is 2. The Labute approximate surface area is 195 Å². The molecule has 0 bridgehead atoms. The zero-order valence-electron chi connectivity index (χ0n) is 17.8. The molecule has 1 aliphatic heterocycles. The normalized spacial score (nSPS) is 15.2. The second-order valence-corrected chi connectivity index (χ2v) is 8.70. The number of carbonyl (C=O) groups excluding carboxylic acids is 1. The van der Waals surface area contributed by atoms with E-state index in [0.717, 1.165) is 43.9 Å². The molecular formula is C26H22BrN3O2. The van der Waals surface area contributed by atoms with Crippen LogP contribution in [0, 0.1) is 6.92 Å². The van der Waals surface area contributed by atoms with Crippen molar-refractivity contribution < 1.29 is 9.53 Å². The molecule has 0 radical (unpaired) electrons. The molecule has 4 aromatic rings. The quantitative estimate of drug-likeness (QED) is 0.359. The van der Waals surface area contributed by atoms with Gasteiger partial charge in [0.15, 0.2) is 0 Å². The summed E-state index contributed by atoms with van der Waals surface area (Å²) in [5, 5.41) is 7.55. The van der Waals surface area contributed by atoms with Crippen molar-refractivity contribution in [2.24, 2.45) is 0 Å². The number of aryl methyl sites for hydroxylation is 1. The number of hydrogen-bond acceptors (Lipinski definition) is 3. The van der Waals surface area contributed by atoms with Crippen molar-refractivity contribution >= 4 is 27.5 Å². The van der Waals surface area contributed by atoms with Gasteiger partial charge in [-0.25, -0.2) is 0 Å². The number of fused-ring (bicyclic) bond motifs is 1. The molecule has 0 aliphatic carbocycles. The summed E-state index contributed by atoms with van der Waals surface area (Å²) in [4.78, 5) is 15.4. The molecule has 0 saturated heterocycles. The highest BCUT2D eigenvalue weighted by molar-refractivity contribution is 9.10. The summed E-state index contributed by atoms with van der Waals surface area (Å²) in [6.45, 7) is 4.61. The van der Waals surface area contributed by atoms with Crippen LogP contribution in [0.1, 0.15) is 40.1 Å². The van der Waals surface area contributed by atoms with Crippen LogP contribution in [0.25, 0.3) is 11.3 Å².